The summed E-state index contributed by atoms with van der Waals surface area (Å²) in [5, 5.41) is 8.58. The van der Waals surface area contributed by atoms with Crippen molar-refractivity contribution in [2.24, 2.45) is 0 Å². The number of sulfone groups is 1. The van der Waals surface area contributed by atoms with Gasteiger partial charge < -0.3 is 28.4 Å². The van der Waals surface area contributed by atoms with Gasteiger partial charge in [-0.25, -0.2) is 13.2 Å². The molecule has 0 radical (unpaired) electrons. The van der Waals surface area contributed by atoms with Crippen LogP contribution in [0.4, 0.5) is 10.5 Å². The number of hydrogen-bond acceptors (Lipinski definition) is 3. The molecule has 0 unspecified atom stereocenters. The van der Waals surface area contributed by atoms with Crippen molar-refractivity contribution in [2.75, 3.05) is 11.9 Å². The minimum absolute atomic E-state index is 0. The van der Waals surface area contributed by atoms with Gasteiger partial charge in [-0.05, 0) is 53.9 Å². The van der Waals surface area contributed by atoms with Crippen molar-refractivity contribution in [3.05, 3.63) is 93.0 Å². The zero-order chi connectivity index (χ0) is 24.3. The summed E-state index contributed by atoms with van der Waals surface area (Å²) >= 11 is 12.3. The Balaban J connectivity index is 0.00000342. The van der Waals surface area contributed by atoms with Crippen LogP contribution in [0.5, 0.6) is 0 Å². The molecular formula is C25H26Cl3N3O3S. The Morgan fingerprint density at radius 2 is 1.80 bits per heavy atom. The largest absolute Gasteiger partial charge is 1.00 e. The van der Waals surface area contributed by atoms with E-state index in [9.17, 15) is 13.2 Å². The van der Waals surface area contributed by atoms with Gasteiger partial charge in [-0.1, -0.05) is 53.5 Å². The number of anilines is 1. The standard InChI is InChI=1S/C25H25Cl2N3O3S.ClH/c1-16(22-3-2-4-23(26)24(22)27)29-25(31)30-20-7-9-21(10-8-20)34(32,33)15-17-5-6-19-14-28-12-11-18(19)13-17;/h2-10,13,16,28H,11-12,14-15H2,1H3,(H2,29,30,31);1H/t16-;/m0./s1. The smallest absolute Gasteiger partial charge is 0.319 e. The van der Waals surface area contributed by atoms with E-state index in [4.69, 9.17) is 23.2 Å². The lowest BCUT2D eigenvalue weighted by atomic mass is 9.99. The maximum atomic E-state index is 12.9. The van der Waals surface area contributed by atoms with Crippen LogP contribution in [0, 0.1) is 0 Å². The first kappa shape index (κ1) is 27.3. The third-order valence-corrected chi connectivity index (χ3v) is 8.41. The van der Waals surface area contributed by atoms with Crippen LogP contribution in [0.25, 0.3) is 0 Å². The fourth-order valence-corrected chi connectivity index (χ4v) is 5.87. The lowest BCUT2D eigenvalue weighted by Gasteiger charge is -2.17. The molecular weight excluding hydrogens is 529 g/mol. The molecule has 0 spiro atoms. The summed E-state index contributed by atoms with van der Waals surface area (Å²) in [5.41, 5.74) is 4.47. The Hall–Kier alpha value is -2.29. The summed E-state index contributed by atoms with van der Waals surface area (Å²) in [5.74, 6) is -0.0604. The van der Waals surface area contributed by atoms with Gasteiger partial charge in [-0.15, -0.1) is 0 Å². The van der Waals surface area contributed by atoms with Crippen molar-refractivity contribution < 1.29 is 30.9 Å². The van der Waals surface area contributed by atoms with Crippen LogP contribution in [-0.2, 0) is 28.6 Å². The highest BCUT2D eigenvalue weighted by Gasteiger charge is 2.19. The van der Waals surface area contributed by atoms with Crippen LogP contribution in [0.3, 0.4) is 0 Å². The van der Waals surface area contributed by atoms with Gasteiger partial charge in [0.05, 0.1) is 33.3 Å². The third-order valence-electron chi connectivity index (χ3n) is 5.88. The molecule has 1 aliphatic heterocycles. The molecule has 1 aliphatic rings. The predicted octanol–water partition coefficient (Wildman–Crippen LogP) is 1.47. The first-order valence-electron chi connectivity index (χ1n) is 11.0. The Labute approximate surface area is 221 Å². The zero-order valence-corrected chi connectivity index (χ0v) is 22.1. The second kappa shape index (κ2) is 11.6. The van der Waals surface area contributed by atoms with Gasteiger partial charge in [-0.3, -0.25) is 0 Å². The number of quaternary nitrogens is 1. The molecule has 0 aromatic heterocycles. The van der Waals surface area contributed by atoms with Gasteiger partial charge in [0.25, 0.3) is 0 Å². The Bertz CT molecular complexity index is 1320. The molecule has 0 saturated carbocycles. The maximum Gasteiger partial charge on any atom is 0.319 e. The number of carbonyl (C=O) groups is 1. The molecule has 0 fully saturated rings. The van der Waals surface area contributed by atoms with E-state index in [1.54, 1.807) is 37.3 Å². The first-order chi connectivity index (χ1) is 16.2. The van der Waals surface area contributed by atoms with E-state index in [0.717, 1.165) is 25.1 Å². The van der Waals surface area contributed by atoms with Crippen LogP contribution >= 0.6 is 23.2 Å². The lowest BCUT2D eigenvalue weighted by Crippen LogP contribution is -3.00. The number of halogens is 3. The molecule has 0 bridgehead atoms. The van der Waals surface area contributed by atoms with Crippen molar-refractivity contribution in [3.63, 3.8) is 0 Å². The highest BCUT2D eigenvalue weighted by molar-refractivity contribution is 7.90. The number of urea groups is 1. The van der Waals surface area contributed by atoms with Gasteiger partial charge in [0.1, 0.15) is 6.54 Å². The predicted molar refractivity (Wildman–Crippen MR) is 135 cm³/mol. The van der Waals surface area contributed by atoms with Crippen molar-refractivity contribution in [2.45, 2.75) is 36.6 Å². The van der Waals surface area contributed by atoms with Crippen LogP contribution < -0.4 is 28.4 Å². The quantitative estimate of drug-likeness (QED) is 0.431. The Kier molecular flexibility index (Phi) is 9.07. The number of nitrogens with two attached hydrogens (primary N) is 1. The highest BCUT2D eigenvalue weighted by atomic mass is 35.5. The molecule has 0 saturated heterocycles. The molecule has 2 amide bonds. The molecule has 3 aromatic rings. The lowest BCUT2D eigenvalue weighted by molar-refractivity contribution is -0.673. The summed E-state index contributed by atoms with van der Waals surface area (Å²) < 4.78 is 25.9. The minimum atomic E-state index is -3.51. The maximum absolute atomic E-state index is 12.9. The summed E-state index contributed by atoms with van der Waals surface area (Å²) in [7, 11) is -3.51. The topological polar surface area (TPSA) is 91.9 Å². The SMILES string of the molecule is C[C@H](NC(=O)Nc1ccc(S(=O)(=O)Cc2ccc3c(c2)CC[NH2+]C3)cc1)c1cccc(Cl)c1Cl.[Cl-]. The number of nitrogens with one attached hydrogen (secondary N) is 2. The molecule has 35 heavy (non-hydrogen) atoms. The fourth-order valence-electron chi connectivity index (χ4n) is 4.06. The normalized spacial score (nSPS) is 13.8. The summed E-state index contributed by atoms with van der Waals surface area (Å²) in [6.07, 6.45) is 0.952. The number of rotatable bonds is 6. The van der Waals surface area contributed by atoms with Gasteiger partial charge in [-0.2, -0.15) is 0 Å². The van der Waals surface area contributed by atoms with E-state index in [2.05, 4.69) is 16.0 Å². The zero-order valence-electron chi connectivity index (χ0n) is 19.0. The van der Waals surface area contributed by atoms with Crippen LogP contribution in [0.2, 0.25) is 10.0 Å². The molecule has 3 aromatic carbocycles. The highest BCUT2D eigenvalue weighted by Crippen LogP contribution is 2.30. The van der Waals surface area contributed by atoms with Gasteiger partial charge >= 0.3 is 6.03 Å². The molecule has 4 rings (SSSR count). The van der Waals surface area contributed by atoms with E-state index in [-0.39, 0.29) is 29.1 Å². The number of carbonyl (C=O) groups excluding carboxylic acids is 1. The fraction of sp³-hybridized carbons (Fsp3) is 0.240. The van der Waals surface area contributed by atoms with E-state index < -0.39 is 15.9 Å². The molecule has 4 N–H and O–H groups in total. The van der Waals surface area contributed by atoms with Crippen LogP contribution in [-0.4, -0.2) is 21.0 Å². The summed E-state index contributed by atoms with van der Waals surface area (Å²) in [6.45, 7) is 3.76. The molecule has 1 heterocycles. The van der Waals surface area contributed by atoms with Crippen LogP contribution in [0.15, 0.2) is 65.6 Å². The summed E-state index contributed by atoms with van der Waals surface area (Å²) in [4.78, 5) is 12.6. The average molecular weight is 555 g/mol. The monoisotopic (exact) mass is 553 g/mol. The van der Waals surface area contributed by atoms with Crippen molar-refractivity contribution >= 4 is 44.8 Å². The molecule has 1 atom stereocenters. The summed E-state index contributed by atoms with van der Waals surface area (Å²) in [6, 6.07) is 16.5. The van der Waals surface area contributed by atoms with E-state index in [1.807, 2.05) is 18.2 Å². The van der Waals surface area contributed by atoms with Crippen molar-refractivity contribution in [1.29, 1.82) is 0 Å². The first-order valence-corrected chi connectivity index (χ1v) is 13.4. The van der Waals surface area contributed by atoms with Gasteiger partial charge in [0, 0.05) is 17.7 Å². The third kappa shape index (κ3) is 6.68. The van der Waals surface area contributed by atoms with Crippen LogP contribution in [0.1, 0.15) is 35.2 Å². The van der Waals surface area contributed by atoms with Crippen molar-refractivity contribution in [1.82, 2.24) is 5.32 Å². The number of hydrogen-bond donors (Lipinski definition) is 3. The Morgan fingerprint density at radius 3 is 2.54 bits per heavy atom. The average Bonchev–Trinajstić information content (AvgIpc) is 2.80. The number of fused-ring (bicyclic) bond motifs is 1. The second-order valence-electron chi connectivity index (χ2n) is 8.38. The molecule has 186 valence electrons. The number of benzene rings is 3. The van der Waals surface area contributed by atoms with Gasteiger partial charge in [0.15, 0.2) is 9.84 Å². The minimum Gasteiger partial charge on any atom is -1.00 e. The van der Waals surface area contributed by atoms with E-state index >= 15 is 0 Å². The van der Waals surface area contributed by atoms with E-state index in [1.165, 1.54) is 23.3 Å². The Morgan fingerprint density at radius 1 is 1.06 bits per heavy atom. The second-order valence-corrected chi connectivity index (χ2v) is 11.2. The van der Waals surface area contributed by atoms with Gasteiger partial charge in [0.2, 0.25) is 0 Å². The molecule has 0 aliphatic carbocycles. The number of amides is 2. The van der Waals surface area contributed by atoms with Crippen molar-refractivity contribution in [3.8, 4) is 0 Å². The molecule has 10 heteroatoms. The van der Waals surface area contributed by atoms with E-state index in [0.29, 0.717) is 21.3 Å². The molecule has 6 nitrogen and oxygen atoms in total.